The first-order valence-electron chi connectivity index (χ1n) is 11.7. The molecule has 2 fully saturated rings. The van der Waals surface area contributed by atoms with Gasteiger partial charge in [0.2, 0.25) is 17.6 Å². The van der Waals surface area contributed by atoms with Gasteiger partial charge in [-0.15, -0.1) is 11.8 Å². The van der Waals surface area contributed by atoms with E-state index in [0.29, 0.717) is 24.5 Å². The molecule has 3 unspecified atom stereocenters. The van der Waals surface area contributed by atoms with E-state index in [1.165, 1.54) is 16.7 Å². The van der Waals surface area contributed by atoms with Crippen LogP contribution in [0, 0.1) is 5.92 Å². The second-order valence-corrected chi connectivity index (χ2v) is 11.0. The molecule has 2 aliphatic heterocycles. The number of carbonyl (C=O) groups excluding carboxylic acids is 4. The lowest BCUT2D eigenvalue weighted by atomic mass is 9.96. The maximum atomic E-state index is 13.1. The Morgan fingerprint density at radius 1 is 1.15 bits per heavy atom. The lowest BCUT2D eigenvalue weighted by Crippen LogP contribution is -2.54. The number of Topliss-reactive ketones (excluding diaryl/α,β-unsaturated/α-hetero) is 1. The molecule has 1 N–H and O–H groups in total. The first kappa shape index (κ1) is 25.3. The molecule has 8 heteroatoms. The summed E-state index contributed by atoms with van der Waals surface area (Å²) >= 11 is 1.45. The van der Waals surface area contributed by atoms with Gasteiger partial charge in [-0.25, -0.2) is 0 Å². The first-order chi connectivity index (χ1) is 15.6. The third kappa shape index (κ3) is 6.37. The highest BCUT2D eigenvalue weighted by Crippen LogP contribution is 2.30. The van der Waals surface area contributed by atoms with Crippen molar-refractivity contribution in [3.63, 3.8) is 0 Å². The molecule has 3 amide bonds. The maximum absolute atomic E-state index is 13.1. The van der Waals surface area contributed by atoms with Crippen molar-refractivity contribution in [2.45, 2.75) is 71.0 Å². The van der Waals surface area contributed by atoms with Crippen molar-refractivity contribution in [2.24, 2.45) is 5.92 Å². The third-order valence-electron chi connectivity index (χ3n) is 6.08. The molecular formula is C25H35N3O4S. The summed E-state index contributed by atoms with van der Waals surface area (Å²) in [7, 11) is 0. The highest BCUT2D eigenvalue weighted by atomic mass is 32.2. The van der Waals surface area contributed by atoms with Crippen LogP contribution < -0.4 is 5.32 Å². The van der Waals surface area contributed by atoms with Crippen molar-refractivity contribution in [1.29, 1.82) is 0 Å². The van der Waals surface area contributed by atoms with Crippen LogP contribution in [0.1, 0.15) is 52.5 Å². The van der Waals surface area contributed by atoms with Crippen molar-refractivity contribution >= 4 is 35.3 Å². The van der Waals surface area contributed by atoms with Gasteiger partial charge in [-0.3, -0.25) is 19.2 Å². The number of ketones is 1. The van der Waals surface area contributed by atoms with E-state index in [1.54, 1.807) is 4.90 Å². The normalized spacial score (nSPS) is 23.2. The molecule has 180 valence electrons. The van der Waals surface area contributed by atoms with Gasteiger partial charge in [0.1, 0.15) is 6.04 Å². The Morgan fingerprint density at radius 3 is 2.48 bits per heavy atom. The SMILES string of the molecule is CCCC1CC(Cc2ccccc2)N(CC(=O)C(=O)N2CSCC2C(=O)NC(C)(C)C)C1=O. The van der Waals surface area contributed by atoms with Gasteiger partial charge >= 0.3 is 0 Å². The Kier molecular flexibility index (Phi) is 8.21. The molecule has 1 aromatic carbocycles. The Bertz CT molecular complexity index is 883. The van der Waals surface area contributed by atoms with Crippen molar-refractivity contribution in [1.82, 2.24) is 15.1 Å². The first-order valence-corrected chi connectivity index (χ1v) is 12.8. The standard InChI is InChI=1S/C25H35N3O4S/c1-5-9-18-13-19(12-17-10-7-6-8-11-17)27(23(18)31)14-21(29)24(32)28-16-33-15-20(28)22(30)26-25(2,3)4/h6-8,10-11,18-20H,5,9,12-16H2,1-4H3,(H,26,30). The molecule has 3 rings (SSSR count). The fourth-order valence-corrected chi connectivity index (χ4v) is 5.70. The van der Waals surface area contributed by atoms with E-state index in [2.05, 4.69) is 5.32 Å². The second kappa shape index (κ2) is 10.7. The summed E-state index contributed by atoms with van der Waals surface area (Å²) in [6.07, 6.45) is 3.02. The molecule has 0 aromatic heterocycles. The van der Waals surface area contributed by atoms with Crippen LogP contribution in [0.5, 0.6) is 0 Å². The molecule has 7 nitrogen and oxygen atoms in total. The number of thioether (sulfide) groups is 1. The Hall–Kier alpha value is -2.35. The Morgan fingerprint density at radius 2 is 1.85 bits per heavy atom. The summed E-state index contributed by atoms with van der Waals surface area (Å²) in [6, 6.07) is 9.12. The molecule has 1 aromatic rings. The smallest absolute Gasteiger partial charge is 0.293 e. The minimum Gasteiger partial charge on any atom is -0.350 e. The summed E-state index contributed by atoms with van der Waals surface area (Å²) in [6.45, 7) is 7.45. The molecule has 0 aliphatic carbocycles. The van der Waals surface area contributed by atoms with Crippen LogP contribution in [0.4, 0.5) is 0 Å². The van der Waals surface area contributed by atoms with E-state index in [4.69, 9.17) is 0 Å². The molecule has 0 spiro atoms. The van der Waals surface area contributed by atoms with E-state index < -0.39 is 23.3 Å². The number of rotatable bonds is 8. The number of hydrogen-bond donors (Lipinski definition) is 1. The van der Waals surface area contributed by atoms with Crippen LogP contribution in [0.15, 0.2) is 30.3 Å². The quantitative estimate of drug-likeness (QED) is 0.587. The highest BCUT2D eigenvalue weighted by Gasteiger charge is 2.43. The van der Waals surface area contributed by atoms with Gasteiger partial charge < -0.3 is 15.1 Å². The summed E-state index contributed by atoms with van der Waals surface area (Å²) in [5.74, 6) is -0.966. The van der Waals surface area contributed by atoms with Gasteiger partial charge in [-0.2, -0.15) is 0 Å². The fourth-order valence-electron chi connectivity index (χ4n) is 4.54. The minimum absolute atomic E-state index is 0.0447. The predicted molar refractivity (Wildman–Crippen MR) is 130 cm³/mol. The van der Waals surface area contributed by atoms with Crippen molar-refractivity contribution in [3.05, 3.63) is 35.9 Å². The molecule has 3 atom stereocenters. The predicted octanol–water partition coefficient (Wildman–Crippen LogP) is 2.63. The van der Waals surface area contributed by atoms with Crippen molar-refractivity contribution in [3.8, 4) is 0 Å². The molecule has 2 saturated heterocycles. The van der Waals surface area contributed by atoms with E-state index in [-0.39, 0.29) is 30.3 Å². The van der Waals surface area contributed by atoms with Gasteiger partial charge in [0.05, 0.1) is 12.4 Å². The Labute approximate surface area is 200 Å². The lowest BCUT2D eigenvalue weighted by Gasteiger charge is -2.28. The topological polar surface area (TPSA) is 86.8 Å². The number of nitrogens with one attached hydrogen (secondary N) is 1. The van der Waals surface area contributed by atoms with Crippen LogP contribution >= 0.6 is 11.8 Å². The van der Waals surface area contributed by atoms with Crippen LogP contribution in [0.3, 0.4) is 0 Å². The average Bonchev–Trinajstić information content (AvgIpc) is 3.34. The number of hydrogen-bond acceptors (Lipinski definition) is 5. The van der Waals surface area contributed by atoms with Crippen LogP contribution in [0.25, 0.3) is 0 Å². The highest BCUT2D eigenvalue weighted by molar-refractivity contribution is 7.99. The van der Waals surface area contributed by atoms with Crippen molar-refractivity contribution < 1.29 is 19.2 Å². The summed E-state index contributed by atoms with van der Waals surface area (Å²) < 4.78 is 0. The monoisotopic (exact) mass is 473 g/mol. The molecule has 0 saturated carbocycles. The zero-order chi connectivity index (χ0) is 24.2. The molecule has 2 heterocycles. The molecular weight excluding hydrogens is 438 g/mol. The van der Waals surface area contributed by atoms with E-state index in [9.17, 15) is 19.2 Å². The fraction of sp³-hybridized carbons (Fsp3) is 0.600. The van der Waals surface area contributed by atoms with Gasteiger partial charge in [-0.1, -0.05) is 43.7 Å². The van der Waals surface area contributed by atoms with Gasteiger partial charge in [0, 0.05) is 23.3 Å². The number of amides is 3. The van der Waals surface area contributed by atoms with Gasteiger partial charge in [0.25, 0.3) is 5.91 Å². The molecule has 33 heavy (non-hydrogen) atoms. The van der Waals surface area contributed by atoms with Gasteiger partial charge in [0.15, 0.2) is 0 Å². The summed E-state index contributed by atoms with van der Waals surface area (Å²) in [4.78, 5) is 54.8. The second-order valence-electron chi connectivity index (χ2n) is 9.98. The maximum Gasteiger partial charge on any atom is 0.293 e. The van der Waals surface area contributed by atoms with E-state index in [0.717, 1.165) is 18.4 Å². The van der Waals surface area contributed by atoms with Crippen LogP contribution in [-0.2, 0) is 25.6 Å². The summed E-state index contributed by atoms with van der Waals surface area (Å²) in [5, 5.41) is 2.90. The number of benzene rings is 1. The average molecular weight is 474 g/mol. The molecule has 0 bridgehead atoms. The number of nitrogens with zero attached hydrogens (tertiary/aromatic N) is 2. The van der Waals surface area contributed by atoms with Crippen LogP contribution in [-0.4, -0.2) is 69.1 Å². The number of likely N-dealkylation sites (tertiary alicyclic amines) is 1. The minimum atomic E-state index is -0.681. The Balaban J connectivity index is 1.70. The zero-order valence-electron chi connectivity index (χ0n) is 20.0. The zero-order valence-corrected chi connectivity index (χ0v) is 20.8. The lowest BCUT2D eigenvalue weighted by molar-refractivity contribution is -0.149. The van der Waals surface area contributed by atoms with Gasteiger partial charge in [-0.05, 0) is 45.6 Å². The molecule has 0 radical (unpaired) electrons. The van der Waals surface area contributed by atoms with E-state index in [1.807, 2.05) is 58.0 Å². The molecule has 2 aliphatic rings. The number of carbonyl (C=O) groups is 4. The largest absolute Gasteiger partial charge is 0.350 e. The van der Waals surface area contributed by atoms with E-state index >= 15 is 0 Å². The van der Waals surface area contributed by atoms with Crippen molar-refractivity contribution in [2.75, 3.05) is 18.2 Å². The third-order valence-corrected chi connectivity index (χ3v) is 7.09. The van der Waals surface area contributed by atoms with Crippen LogP contribution in [0.2, 0.25) is 0 Å². The summed E-state index contributed by atoms with van der Waals surface area (Å²) in [5.41, 5.74) is 0.676.